The van der Waals surface area contributed by atoms with Gasteiger partial charge in [0.15, 0.2) is 5.82 Å². The van der Waals surface area contributed by atoms with Crippen molar-refractivity contribution in [2.75, 3.05) is 5.32 Å². The third kappa shape index (κ3) is 4.55. The number of benzene rings is 1. The lowest BCUT2D eigenvalue weighted by Crippen LogP contribution is -2.23. The molecule has 1 atom stereocenters. The monoisotopic (exact) mass is 478 g/mol. The zero-order valence-corrected chi connectivity index (χ0v) is 19.1. The smallest absolute Gasteiger partial charge is 0.302 e. The van der Waals surface area contributed by atoms with Crippen LogP contribution in [-0.2, 0) is 19.4 Å². The van der Waals surface area contributed by atoms with Crippen molar-refractivity contribution in [1.82, 2.24) is 24.7 Å². The van der Waals surface area contributed by atoms with Crippen LogP contribution in [0, 0.1) is 11.6 Å². The number of anilines is 1. The second-order valence-corrected chi connectivity index (χ2v) is 8.87. The minimum atomic E-state index is -0.913. The summed E-state index contributed by atoms with van der Waals surface area (Å²) in [5, 5.41) is 9.46. The van der Waals surface area contributed by atoms with E-state index in [-0.39, 0.29) is 28.2 Å². The van der Waals surface area contributed by atoms with Gasteiger partial charge < -0.3 is 9.88 Å². The first-order valence-corrected chi connectivity index (χ1v) is 11.6. The molecule has 10 heteroatoms. The van der Waals surface area contributed by atoms with Gasteiger partial charge in [-0.3, -0.25) is 9.59 Å². The standard InChI is InChI=1S/C25H24F2N6O2/c1-14(30-21-13-29-32-24(34)22(21)27)4-3-8-33-9-7-15-10-18(19(26)11-17(15)25(33)35)23-28-12-16-5-2-6-20(16)31-23/h7,9-14H,2-6,8H2,1H3,(H2,30,32,34)/t14-/m0/s1. The third-order valence-corrected chi connectivity index (χ3v) is 6.35. The molecular weight excluding hydrogens is 454 g/mol. The van der Waals surface area contributed by atoms with Crippen molar-refractivity contribution >= 4 is 16.5 Å². The minimum Gasteiger partial charge on any atom is -0.379 e. The largest absolute Gasteiger partial charge is 0.379 e. The number of H-pyrrole nitrogens is 1. The number of hydrogen-bond acceptors (Lipinski definition) is 6. The first kappa shape index (κ1) is 22.8. The molecule has 3 aromatic heterocycles. The van der Waals surface area contributed by atoms with Gasteiger partial charge in [0.25, 0.3) is 5.56 Å². The van der Waals surface area contributed by atoms with Crippen LogP contribution in [0.3, 0.4) is 0 Å². The summed E-state index contributed by atoms with van der Waals surface area (Å²) in [6.07, 6.45) is 8.75. The number of pyridine rings is 1. The van der Waals surface area contributed by atoms with Crippen LogP contribution in [0.25, 0.3) is 22.2 Å². The van der Waals surface area contributed by atoms with Crippen molar-refractivity contribution in [2.24, 2.45) is 0 Å². The van der Waals surface area contributed by atoms with E-state index in [0.29, 0.717) is 30.6 Å². The quantitative estimate of drug-likeness (QED) is 0.421. The van der Waals surface area contributed by atoms with E-state index in [0.717, 1.165) is 30.5 Å². The van der Waals surface area contributed by atoms with Crippen molar-refractivity contribution in [3.05, 3.63) is 80.4 Å². The first-order chi connectivity index (χ1) is 16.9. The Morgan fingerprint density at radius 1 is 1.20 bits per heavy atom. The van der Waals surface area contributed by atoms with E-state index in [1.165, 1.54) is 16.8 Å². The average molecular weight is 479 g/mol. The van der Waals surface area contributed by atoms with Crippen molar-refractivity contribution < 1.29 is 8.78 Å². The molecule has 0 saturated heterocycles. The van der Waals surface area contributed by atoms with Gasteiger partial charge in [0.2, 0.25) is 5.82 Å². The SMILES string of the molecule is C[C@@H](CCCn1ccc2cc(-c3ncc4c(n3)CCC4)c(F)cc2c1=O)Nc1cn[nH]c(=O)c1F. The van der Waals surface area contributed by atoms with Gasteiger partial charge in [-0.1, -0.05) is 0 Å². The van der Waals surface area contributed by atoms with Crippen LogP contribution < -0.4 is 16.4 Å². The maximum Gasteiger partial charge on any atom is 0.302 e. The van der Waals surface area contributed by atoms with Crippen LogP contribution in [0.2, 0.25) is 0 Å². The van der Waals surface area contributed by atoms with E-state index in [4.69, 9.17) is 0 Å². The Morgan fingerprint density at radius 3 is 2.91 bits per heavy atom. The average Bonchev–Trinajstić information content (AvgIpc) is 3.31. The number of nitrogens with one attached hydrogen (secondary N) is 2. The normalized spacial score (nSPS) is 13.7. The molecule has 0 spiro atoms. The summed E-state index contributed by atoms with van der Waals surface area (Å²) in [6, 6.07) is 4.51. The predicted molar refractivity (Wildman–Crippen MR) is 128 cm³/mol. The highest BCUT2D eigenvalue weighted by Gasteiger charge is 2.17. The summed E-state index contributed by atoms with van der Waals surface area (Å²) in [6.45, 7) is 2.26. The molecule has 8 nitrogen and oxygen atoms in total. The highest BCUT2D eigenvalue weighted by atomic mass is 19.1. The molecule has 2 N–H and O–H groups in total. The van der Waals surface area contributed by atoms with E-state index in [1.54, 1.807) is 24.5 Å². The molecule has 5 rings (SSSR count). The first-order valence-electron chi connectivity index (χ1n) is 11.6. The predicted octanol–water partition coefficient (Wildman–Crippen LogP) is 3.59. The van der Waals surface area contributed by atoms with Crippen LogP contribution in [0.1, 0.15) is 37.4 Å². The van der Waals surface area contributed by atoms with Crippen LogP contribution in [0.4, 0.5) is 14.5 Å². The zero-order chi connectivity index (χ0) is 24.5. The highest BCUT2D eigenvalue weighted by molar-refractivity contribution is 5.86. The molecule has 0 saturated carbocycles. The Labute approximate surface area is 199 Å². The molecule has 35 heavy (non-hydrogen) atoms. The number of hydrogen-bond donors (Lipinski definition) is 2. The molecule has 0 amide bonds. The molecule has 1 aromatic carbocycles. The lowest BCUT2D eigenvalue weighted by molar-refractivity contribution is 0.558. The van der Waals surface area contributed by atoms with Crippen molar-refractivity contribution in [3.63, 3.8) is 0 Å². The summed E-state index contributed by atoms with van der Waals surface area (Å²) in [7, 11) is 0. The maximum absolute atomic E-state index is 15.0. The van der Waals surface area contributed by atoms with Crippen LogP contribution in [0.15, 0.2) is 46.4 Å². The Bertz CT molecular complexity index is 1530. The lowest BCUT2D eigenvalue weighted by atomic mass is 10.1. The minimum absolute atomic E-state index is 0.0303. The summed E-state index contributed by atoms with van der Waals surface area (Å²) in [5.41, 5.74) is 1.22. The fourth-order valence-corrected chi connectivity index (χ4v) is 4.49. The molecule has 0 bridgehead atoms. The Balaban J connectivity index is 1.30. The van der Waals surface area contributed by atoms with Gasteiger partial charge >= 0.3 is 5.56 Å². The van der Waals surface area contributed by atoms with E-state index in [9.17, 15) is 18.4 Å². The van der Waals surface area contributed by atoms with Gasteiger partial charge in [0, 0.05) is 30.7 Å². The van der Waals surface area contributed by atoms with E-state index in [1.807, 2.05) is 12.0 Å². The highest BCUT2D eigenvalue weighted by Crippen LogP contribution is 2.27. The molecular formula is C25H24F2N6O2. The number of nitrogens with zero attached hydrogens (tertiary/aromatic N) is 4. The number of aryl methyl sites for hydroxylation is 3. The summed E-state index contributed by atoms with van der Waals surface area (Å²) >= 11 is 0. The lowest BCUT2D eigenvalue weighted by Gasteiger charge is -2.15. The van der Waals surface area contributed by atoms with Gasteiger partial charge in [-0.15, -0.1) is 0 Å². The summed E-state index contributed by atoms with van der Waals surface area (Å²) < 4.78 is 30.4. The number of rotatable bonds is 7. The molecule has 1 aliphatic rings. The van der Waals surface area contributed by atoms with Gasteiger partial charge in [0.1, 0.15) is 5.82 Å². The Hall–Kier alpha value is -3.95. The maximum atomic E-state index is 15.0. The van der Waals surface area contributed by atoms with Crippen molar-refractivity contribution in [3.8, 4) is 11.4 Å². The Kier molecular flexibility index (Phi) is 6.10. The van der Waals surface area contributed by atoms with E-state index in [2.05, 4.69) is 20.4 Å². The second-order valence-electron chi connectivity index (χ2n) is 8.87. The van der Waals surface area contributed by atoms with Crippen LogP contribution in [0.5, 0.6) is 0 Å². The summed E-state index contributed by atoms with van der Waals surface area (Å²) in [4.78, 5) is 33.2. The number of halogens is 2. The molecule has 1 aliphatic carbocycles. The zero-order valence-electron chi connectivity index (χ0n) is 19.1. The van der Waals surface area contributed by atoms with Gasteiger partial charge in [-0.05, 0) is 68.2 Å². The Morgan fingerprint density at radius 2 is 2.06 bits per heavy atom. The topological polar surface area (TPSA) is 106 Å². The number of aromatic nitrogens is 5. The van der Waals surface area contributed by atoms with Crippen molar-refractivity contribution in [2.45, 2.75) is 51.6 Å². The molecule has 0 aliphatic heterocycles. The van der Waals surface area contributed by atoms with Gasteiger partial charge in [-0.25, -0.2) is 19.5 Å². The van der Waals surface area contributed by atoms with Crippen LogP contribution >= 0.6 is 0 Å². The van der Waals surface area contributed by atoms with Crippen LogP contribution in [-0.4, -0.2) is 30.8 Å². The molecule has 0 radical (unpaired) electrons. The molecule has 3 heterocycles. The van der Waals surface area contributed by atoms with Gasteiger partial charge in [0.05, 0.1) is 22.8 Å². The molecule has 180 valence electrons. The fraction of sp³-hybridized carbons (Fsp3) is 0.320. The fourth-order valence-electron chi connectivity index (χ4n) is 4.49. The summed E-state index contributed by atoms with van der Waals surface area (Å²) in [5.74, 6) is -1.11. The second kappa shape index (κ2) is 9.36. The van der Waals surface area contributed by atoms with Gasteiger partial charge in [-0.2, -0.15) is 9.49 Å². The van der Waals surface area contributed by atoms with E-state index >= 15 is 0 Å². The number of aromatic amines is 1. The van der Waals surface area contributed by atoms with Crippen molar-refractivity contribution in [1.29, 1.82) is 0 Å². The molecule has 4 aromatic rings. The number of fused-ring (bicyclic) bond motifs is 2. The van der Waals surface area contributed by atoms with E-state index < -0.39 is 17.2 Å². The molecule has 0 fully saturated rings. The molecule has 0 unspecified atom stereocenters. The third-order valence-electron chi connectivity index (χ3n) is 6.35.